The minimum absolute atomic E-state index is 0.0662. The number of amides is 3. The van der Waals surface area contributed by atoms with Gasteiger partial charge in [0, 0.05) is 32.5 Å². The van der Waals surface area contributed by atoms with Gasteiger partial charge in [0.15, 0.2) is 18.2 Å². The first-order valence-corrected chi connectivity index (χ1v) is 12.1. The molecule has 3 aliphatic rings. The van der Waals surface area contributed by atoms with E-state index >= 15 is 0 Å². The second-order valence-electron chi connectivity index (χ2n) is 9.14. The molecule has 2 aromatic rings. The number of hydrogen-bond acceptors (Lipinski definition) is 8. The van der Waals surface area contributed by atoms with Gasteiger partial charge in [-0.3, -0.25) is 19.5 Å². The van der Waals surface area contributed by atoms with Gasteiger partial charge in [-0.05, 0) is 49.9 Å². The normalized spacial score (nSPS) is 22.3. The molecule has 12 heteroatoms. The maximum Gasteiger partial charge on any atom is 0.416 e. The number of carbonyl (C=O) groups excluding carboxylic acids is 3. The Labute approximate surface area is 212 Å². The van der Waals surface area contributed by atoms with Crippen molar-refractivity contribution in [3.63, 3.8) is 0 Å². The van der Waals surface area contributed by atoms with Gasteiger partial charge >= 0.3 is 6.09 Å². The number of aliphatic imine (C=N–C) groups is 1. The number of nitrogens with zero attached hydrogens (tertiary/aromatic N) is 4. The number of anilines is 3. The van der Waals surface area contributed by atoms with Gasteiger partial charge in [-0.25, -0.2) is 14.2 Å². The van der Waals surface area contributed by atoms with Crippen molar-refractivity contribution >= 4 is 47.6 Å². The predicted octanol–water partition coefficient (Wildman–Crippen LogP) is 2.77. The number of benzene rings is 1. The van der Waals surface area contributed by atoms with E-state index in [4.69, 9.17) is 9.47 Å². The number of fused-ring (bicyclic) bond motifs is 2. The molecular formula is C25H27FN6O5. The molecule has 11 nitrogen and oxygen atoms in total. The number of halogens is 1. The molecule has 1 aliphatic carbocycles. The molecule has 5 rings (SSSR count). The summed E-state index contributed by atoms with van der Waals surface area (Å²) in [4.78, 5) is 48.0. The number of nitrogens with one attached hydrogen (secondary N) is 2. The van der Waals surface area contributed by atoms with Crippen molar-refractivity contribution in [2.45, 2.75) is 44.4 Å². The van der Waals surface area contributed by atoms with Gasteiger partial charge in [0.05, 0.1) is 17.4 Å². The minimum Gasteiger partial charge on any atom is -0.480 e. The Morgan fingerprint density at radius 3 is 2.95 bits per heavy atom. The van der Waals surface area contributed by atoms with Crippen molar-refractivity contribution in [2.75, 3.05) is 34.8 Å². The van der Waals surface area contributed by atoms with Crippen LogP contribution in [0.2, 0.25) is 0 Å². The maximum atomic E-state index is 13.8. The van der Waals surface area contributed by atoms with E-state index in [0.717, 1.165) is 6.42 Å². The van der Waals surface area contributed by atoms with E-state index in [1.54, 1.807) is 12.1 Å². The number of pyridine rings is 1. The van der Waals surface area contributed by atoms with Crippen molar-refractivity contribution in [3.8, 4) is 5.75 Å². The van der Waals surface area contributed by atoms with Gasteiger partial charge in [-0.2, -0.15) is 0 Å². The van der Waals surface area contributed by atoms with E-state index in [0.29, 0.717) is 48.9 Å². The van der Waals surface area contributed by atoms with Crippen LogP contribution in [0.4, 0.5) is 32.2 Å². The van der Waals surface area contributed by atoms with Gasteiger partial charge in [-0.15, -0.1) is 0 Å². The van der Waals surface area contributed by atoms with Crippen LogP contribution in [0.5, 0.6) is 5.75 Å². The summed E-state index contributed by atoms with van der Waals surface area (Å²) < 4.78 is 24.9. The van der Waals surface area contributed by atoms with Crippen LogP contribution in [-0.4, -0.2) is 67.5 Å². The van der Waals surface area contributed by atoms with Crippen LogP contribution in [-0.2, 0) is 14.3 Å². The highest BCUT2D eigenvalue weighted by Gasteiger charge is 2.46. The summed E-state index contributed by atoms with van der Waals surface area (Å²) in [6.45, 7) is 5.62. The lowest BCUT2D eigenvalue weighted by Gasteiger charge is -2.33. The smallest absolute Gasteiger partial charge is 0.416 e. The Bertz CT molecular complexity index is 1260. The number of hydrogen-bond donors (Lipinski definition) is 2. The third-order valence-corrected chi connectivity index (χ3v) is 6.79. The first-order valence-electron chi connectivity index (χ1n) is 12.1. The zero-order valence-electron chi connectivity index (χ0n) is 20.3. The number of rotatable bonds is 7. The molecular weight excluding hydrogens is 483 g/mol. The molecule has 0 bridgehead atoms. The quantitative estimate of drug-likeness (QED) is 0.549. The number of aromatic nitrogens is 1. The lowest BCUT2D eigenvalue weighted by molar-refractivity contribution is -0.118. The Kier molecular flexibility index (Phi) is 6.74. The molecule has 194 valence electrons. The van der Waals surface area contributed by atoms with E-state index in [1.165, 1.54) is 34.9 Å². The third-order valence-electron chi connectivity index (χ3n) is 6.79. The van der Waals surface area contributed by atoms with Crippen molar-refractivity contribution < 1.29 is 28.2 Å². The molecule has 3 heterocycles. The Morgan fingerprint density at radius 2 is 2.16 bits per heavy atom. The summed E-state index contributed by atoms with van der Waals surface area (Å²) in [5.74, 6) is 0.129. The molecule has 1 saturated carbocycles. The highest BCUT2D eigenvalue weighted by molar-refractivity contribution is 5.96. The summed E-state index contributed by atoms with van der Waals surface area (Å²) in [5.41, 5.74) is 0.796. The second-order valence-corrected chi connectivity index (χ2v) is 9.14. The van der Waals surface area contributed by atoms with Gasteiger partial charge in [0.1, 0.15) is 17.7 Å². The zero-order chi connectivity index (χ0) is 26.1. The third kappa shape index (κ3) is 4.96. The molecule has 2 N–H and O–H groups in total. The topological polar surface area (TPSA) is 125 Å². The van der Waals surface area contributed by atoms with Crippen molar-refractivity contribution in [1.82, 2.24) is 10.3 Å². The van der Waals surface area contributed by atoms with Crippen LogP contribution >= 0.6 is 0 Å². The molecule has 37 heavy (non-hydrogen) atoms. The second kappa shape index (κ2) is 10.1. The molecule has 1 aromatic carbocycles. The molecule has 0 spiro atoms. The van der Waals surface area contributed by atoms with Gasteiger partial charge < -0.3 is 25.0 Å². The molecule has 0 radical (unpaired) electrons. The van der Waals surface area contributed by atoms with Gasteiger partial charge in [-0.1, -0.05) is 0 Å². The van der Waals surface area contributed by atoms with Crippen LogP contribution in [0.3, 0.4) is 0 Å². The summed E-state index contributed by atoms with van der Waals surface area (Å²) in [7, 11) is 0. The monoisotopic (exact) mass is 510 g/mol. The maximum absolute atomic E-state index is 13.8. The first-order chi connectivity index (χ1) is 17.8. The van der Waals surface area contributed by atoms with Crippen molar-refractivity contribution in [1.29, 1.82) is 0 Å². The molecule has 2 aliphatic heterocycles. The molecule has 2 fully saturated rings. The molecule has 1 saturated heterocycles. The fourth-order valence-corrected chi connectivity index (χ4v) is 5.07. The fraction of sp³-hybridized carbons (Fsp3) is 0.400. The van der Waals surface area contributed by atoms with Gasteiger partial charge in [0.25, 0.3) is 5.91 Å². The minimum atomic E-state index is -0.482. The van der Waals surface area contributed by atoms with E-state index in [9.17, 15) is 18.8 Å². The lowest BCUT2D eigenvalue weighted by Crippen LogP contribution is -2.47. The highest BCUT2D eigenvalue weighted by Crippen LogP contribution is 2.37. The summed E-state index contributed by atoms with van der Waals surface area (Å²) in [6.07, 6.45) is 1.24. The zero-order valence-corrected chi connectivity index (χ0v) is 20.3. The predicted molar refractivity (Wildman–Crippen MR) is 134 cm³/mol. The molecule has 0 unspecified atom stereocenters. The van der Waals surface area contributed by atoms with Gasteiger partial charge in [0.2, 0.25) is 5.91 Å². The summed E-state index contributed by atoms with van der Waals surface area (Å²) in [6, 6.07) is 7.28. The van der Waals surface area contributed by atoms with Crippen LogP contribution in [0.15, 0.2) is 35.3 Å². The molecule has 3 amide bonds. The Morgan fingerprint density at radius 1 is 1.32 bits per heavy atom. The summed E-state index contributed by atoms with van der Waals surface area (Å²) in [5, 5.41) is 6.09. The van der Waals surface area contributed by atoms with E-state index in [1.807, 2.05) is 0 Å². The average molecular weight is 511 g/mol. The van der Waals surface area contributed by atoms with Crippen LogP contribution in [0.25, 0.3) is 0 Å². The average Bonchev–Trinajstić information content (AvgIpc) is 3.20. The van der Waals surface area contributed by atoms with Crippen LogP contribution in [0.1, 0.15) is 26.2 Å². The Balaban J connectivity index is 1.21. The van der Waals surface area contributed by atoms with Crippen LogP contribution < -0.4 is 25.2 Å². The van der Waals surface area contributed by atoms with E-state index in [2.05, 4.69) is 27.3 Å². The lowest BCUT2D eigenvalue weighted by atomic mass is 9.88. The fourth-order valence-electron chi connectivity index (χ4n) is 5.07. The van der Waals surface area contributed by atoms with Crippen LogP contribution in [0, 0.1) is 5.82 Å². The van der Waals surface area contributed by atoms with E-state index < -0.39 is 11.9 Å². The standard InChI is InChI=1S/C25H27FN6O5/c1-14(33)31(19-11-15(26)3-5-17(19)27-2)10-9-28-16-4-6-18-21(12-16)37-25(35)32(18)22-8-7-20-24(29-22)30-23(34)13-36-20/h3,5,7-8,11,16,18,21,28H,2,4,6,9-10,12-13H2,1H3,(H,29,30,34)/t16-,18-,21+/m0/s1. The first kappa shape index (κ1) is 24.6. The number of carbonyl (C=O) groups is 3. The molecule has 1 aromatic heterocycles. The molecule has 3 atom stereocenters. The number of ether oxygens (including phenoxy) is 2. The summed E-state index contributed by atoms with van der Waals surface area (Å²) >= 11 is 0. The Hall–Kier alpha value is -4.06. The largest absolute Gasteiger partial charge is 0.480 e. The van der Waals surface area contributed by atoms with Crippen molar-refractivity contribution in [3.05, 3.63) is 36.1 Å². The van der Waals surface area contributed by atoms with E-state index in [-0.39, 0.29) is 42.4 Å². The highest BCUT2D eigenvalue weighted by atomic mass is 19.1. The van der Waals surface area contributed by atoms with Crippen molar-refractivity contribution in [2.24, 2.45) is 4.99 Å². The SMILES string of the molecule is C=Nc1ccc(F)cc1N(CCN[C@H]1CC[C@H]2[C@@H](C1)OC(=O)N2c1ccc2c(n1)NC(=O)CO2)C(C)=O.